The molecule has 21 heavy (non-hydrogen) atoms. The molecule has 112 valence electrons. The van der Waals surface area contributed by atoms with Crippen molar-refractivity contribution in [2.75, 3.05) is 12.0 Å². The molecule has 2 rings (SSSR count). The van der Waals surface area contributed by atoms with Crippen molar-refractivity contribution in [1.82, 2.24) is 10.3 Å². The number of rotatable bonds is 6. The van der Waals surface area contributed by atoms with Gasteiger partial charge in [-0.05, 0) is 17.4 Å². The maximum atomic E-state index is 12.3. The van der Waals surface area contributed by atoms with E-state index in [-0.39, 0.29) is 5.91 Å². The van der Waals surface area contributed by atoms with Crippen LogP contribution in [0, 0.1) is 5.92 Å². The second kappa shape index (κ2) is 7.04. The Balaban J connectivity index is 2.23. The smallest absolute Gasteiger partial charge is 0.270 e. The molecule has 1 aromatic heterocycles. The number of anilines is 1. The number of carbonyl (C=O) groups is 1. The van der Waals surface area contributed by atoms with Crippen molar-refractivity contribution in [3.05, 3.63) is 36.0 Å². The number of hydrazine groups is 1. The summed E-state index contributed by atoms with van der Waals surface area (Å²) in [5.74, 6) is 6.36. The van der Waals surface area contributed by atoms with Crippen LogP contribution >= 0.6 is 0 Å². The number of pyridine rings is 1. The first-order chi connectivity index (χ1) is 10.2. The van der Waals surface area contributed by atoms with Crippen LogP contribution in [0.4, 0.5) is 5.82 Å². The average Bonchev–Trinajstić information content (AvgIpc) is 2.54. The number of hydrogen-bond donors (Lipinski definition) is 3. The maximum Gasteiger partial charge on any atom is 0.270 e. The number of nitrogens with one attached hydrogen (secondary N) is 2. The number of fused-ring (bicyclic) bond motifs is 1. The van der Waals surface area contributed by atoms with Gasteiger partial charge in [-0.15, -0.1) is 0 Å². The SMILES string of the molecule is CCC(CC)CNC(=O)c1cc2ccccc2c(NN)n1. The summed E-state index contributed by atoms with van der Waals surface area (Å²) >= 11 is 0. The molecule has 1 amide bonds. The van der Waals surface area contributed by atoms with Gasteiger partial charge in [0.15, 0.2) is 0 Å². The van der Waals surface area contributed by atoms with E-state index in [0.717, 1.165) is 23.6 Å². The molecule has 1 aromatic carbocycles. The van der Waals surface area contributed by atoms with Gasteiger partial charge >= 0.3 is 0 Å². The molecule has 0 fully saturated rings. The highest BCUT2D eigenvalue weighted by Gasteiger charge is 2.13. The molecule has 0 spiro atoms. The predicted molar refractivity (Wildman–Crippen MR) is 86.0 cm³/mol. The van der Waals surface area contributed by atoms with E-state index in [1.165, 1.54) is 0 Å². The van der Waals surface area contributed by atoms with E-state index in [1.54, 1.807) is 6.07 Å². The Morgan fingerprint density at radius 1 is 1.29 bits per heavy atom. The van der Waals surface area contributed by atoms with E-state index in [4.69, 9.17) is 5.84 Å². The Bertz CT molecular complexity index is 623. The highest BCUT2D eigenvalue weighted by atomic mass is 16.1. The molecule has 0 saturated carbocycles. The van der Waals surface area contributed by atoms with Gasteiger partial charge in [-0.2, -0.15) is 0 Å². The van der Waals surface area contributed by atoms with E-state index in [9.17, 15) is 4.79 Å². The predicted octanol–water partition coefficient (Wildman–Crippen LogP) is 2.69. The van der Waals surface area contributed by atoms with Gasteiger partial charge in [0, 0.05) is 11.9 Å². The zero-order valence-corrected chi connectivity index (χ0v) is 12.5. The summed E-state index contributed by atoms with van der Waals surface area (Å²) < 4.78 is 0. The molecule has 0 aliphatic heterocycles. The monoisotopic (exact) mass is 286 g/mol. The Hall–Kier alpha value is -2.14. The first-order valence-corrected chi connectivity index (χ1v) is 7.34. The first-order valence-electron chi connectivity index (χ1n) is 7.34. The minimum Gasteiger partial charge on any atom is -0.350 e. The van der Waals surface area contributed by atoms with Crippen LogP contribution in [0.25, 0.3) is 10.8 Å². The third-order valence-electron chi connectivity index (χ3n) is 3.82. The number of nitrogen functional groups attached to an aromatic ring is 1. The van der Waals surface area contributed by atoms with Crippen molar-refractivity contribution < 1.29 is 4.79 Å². The third-order valence-corrected chi connectivity index (χ3v) is 3.82. The molecule has 4 N–H and O–H groups in total. The summed E-state index contributed by atoms with van der Waals surface area (Å²) in [6.07, 6.45) is 2.11. The fourth-order valence-electron chi connectivity index (χ4n) is 2.33. The standard InChI is InChI=1S/C16H22N4O/c1-3-11(4-2)10-18-16(21)14-9-12-7-5-6-8-13(12)15(19-14)20-17/h5-9,11H,3-4,10,17H2,1-2H3,(H,18,21)(H,19,20). The zero-order valence-electron chi connectivity index (χ0n) is 12.5. The summed E-state index contributed by atoms with van der Waals surface area (Å²) in [6.45, 7) is 4.93. The molecule has 0 aliphatic carbocycles. The van der Waals surface area contributed by atoms with E-state index in [1.807, 2.05) is 24.3 Å². The van der Waals surface area contributed by atoms with Crippen LogP contribution in [-0.2, 0) is 0 Å². The molecule has 2 aromatic rings. The van der Waals surface area contributed by atoms with Crippen LogP contribution in [0.1, 0.15) is 37.2 Å². The Labute approximate surface area is 124 Å². The molecule has 0 bridgehead atoms. The van der Waals surface area contributed by atoms with Crippen molar-refractivity contribution >= 4 is 22.5 Å². The molecule has 0 saturated heterocycles. The molecule has 5 heteroatoms. The fraction of sp³-hybridized carbons (Fsp3) is 0.375. The average molecular weight is 286 g/mol. The molecular weight excluding hydrogens is 264 g/mol. The summed E-state index contributed by atoms with van der Waals surface area (Å²) in [4.78, 5) is 16.6. The summed E-state index contributed by atoms with van der Waals surface area (Å²) in [6, 6.07) is 9.49. The second-order valence-electron chi connectivity index (χ2n) is 5.11. The van der Waals surface area contributed by atoms with Gasteiger partial charge in [0.2, 0.25) is 0 Å². The van der Waals surface area contributed by atoms with Crippen LogP contribution in [0.3, 0.4) is 0 Å². The Kier molecular flexibility index (Phi) is 5.11. The number of aromatic nitrogens is 1. The highest BCUT2D eigenvalue weighted by molar-refractivity contribution is 6.00. The molecule has 1 heterocycles. The van der Waals surface area contributed by atoms with E-state index < -0.39 is 0 Å². The fourth-order valence-corrected chi connectivity index (χ4v) is 2.33. The lowest BCUT2D eigenvalue weighted by Crippen LogP contribution is -2.29. The van der Waals surface area contributed by atoms with Gasteiger partial charge in [-0.1, -0.05) is 51.0 Å². The van der Waals surface area contributed by atoms with Gasteiger partial charge < -0.3 is 10.7 Å². The highest BCUT2D eigenvalue weighted by Crippen LogP contribution is 2.21. The minimum atomic E-state index is -0.163. The number of hydrogen-bond acceptors (Lipinski definition) is 4. The molecule has 0 aliphatic rings. The van der Waals surface area contributed by atoms with Crippen molar-refractivity contribution in [1.29, 1.82) is 0 Å². The lowest BCUT2D eigenvalue weighted by molar-refractivity contribution is 0.0941. The second-order valence-corrected chi connectivity index (χ2v) is 5.11. The third kappa shape index (κ3) is 3.49. The zero-order chi connectivity index (χ0) is 15.2. The number of amides is 1. The van der Waals surface area contributed by atoms with Gasteiger partial charge in [0.25, 0.3) is 5.91 Å². The van der Waals surface area contributed by atoms with Gasteiger partial charge in [-0.3, -0.25) is 4.79 Å². The quantitative estimate of drug-likeness (QED) is 0.563. The first kappa shape index (κ1) is 15.3. The largest absolute Gasteiger partial charge is 0.350 e. The number of nitrogens with zero attached hydrogens (tertiary/aromatic N) is 1. The van der Waals surface area contributed by atoms with Gasteiger partial charge in [-0.25, -0.2) is 10.8 Å². The number of benzene rings is 1. The maximum absolute atomic E-state index is 12.3. The van der Waals surface area contributed by atoms with Gasteiger partial charge in [0.05, 0.1) is 0 Å². The van der Waals surface area contributed by atoms with Crippen molar-refractivity contribution in [2.45, 2.75) is 26.7 Å². The van der Waals surface area contributed by atoms with Gasteiger partial charge in [0.1, 0.15) is 11.5 Å². The summed E-state index contributed by atoms with van der Waals surface area (Å²) in [7, 11) is 0. The molecule has 0 unspecified atom stereocenters. The van der Waals surface area contributed by atoms with Crippen molar-refractivity contribution in [2.24, 2.45) is 11.8 Å². The van der Waals surface area contributed by atoms with Crippen LogP contribution < -0.4 is 16.6 Å². The van der Waals surface area contributed by atoms with E-state index in [0.29, 0.717) is 24.0 Å². The summed E-state index contributed by atoms with van der Waals surface area (Å²) in [5, 5.41) is 4.78. The summed E-state index contributed by atoms with van der Waals surface area (Å²) in [5.41, 5.74) is 2.94. The van der Waals surface area contributed by atoms with Crippen LogP contribution in [0.2, 0.25) is 0 Å². The van der Waals surface area contributed by atoms with E-state index >= 15 is 0 Å². The van der Waals surface area contributed by atoms with Crippen LogP contribution in [0.15, 0.2) is 30.3 Å². The molecular formula is C16H22N4O. The van der Waals surface area contributed by atoms with E-state index in [2.05, 4.69) is 29.6 Å². The van der Waals surface area contributed by atoms with Crippen molar-refractivity contribution in [3.8, 4) is 0 Å². The molecule has 5 nitrogen and oxygen atoms in total. The normalized spacial score (nSPS) is 10.9. The molecule has 0 radical (unpaired) electrons. The number of carbonyl (C=O) groups excluding carboxylic acids is 1. The Morgan fingerprint density at radius 3 is 2.67 bits per heavy atom. The minimum absolute atomic E-state index is 0.163. The Morgan fingerprint density at radius 2 is 2.00 bits per heavy atom. The lowest BCUT2D eigenvalue weighted by Gasteiger charge is -2.14. The number of nitrogens with two attached hydrogens (primary N) is 1. The molecule has 0 atom stereocenters. The lowest BCUT2D eigenvalue weighted by atomic mass is 10.0. The van der Waals surface area contributed by atoms with Crippen molar-refractivity contribution in [3.63, 3.8) is 0 Å². The topological polar surface area (TPSA) is 80.0 Å². The van der Waals surface area contributed by atoms with Crippen LogP contribution in [-0.4, -0.2) is 17.4 Å². The van der Waals surface area contributed by atoms with Crippen LogP contribution in [0.5, 0.6) is 0 Å².